The van der Waals surface area contributed by atoms with Crippen molar-refractivity contribution < 1.29 is 0 Å². The molecule has 0 aliphatic heterocycles. The van der Waals surface area contributed by atoms with E-state index in [9.17, 15) is 0 Å². The van der Waals surface area contributed by atoms with Crippen molar-refractivity contribution >= 4 is 39.1 Å². The summed E-state index contributed by atoms with van der Waals surface area (Å²) in [6.45, 7) is 0. The van der Waals surface area contributed by atoms with Crippen LogP contribution < -0.4 is 5.32 Å². The van der Waals surface area contributed by atoms with Crippen LogP contribution in [0.3, 0.4) is 0 Å². The Morgan fingerprint density at radius 3 is 2.00 bits per heavy atom. The van der Waals surface area contributed by atoms with Gasteiger partial charge >= 0.3 is 0 Å². The highest BCUT2D eigenvalue weighted by atomic mass is 79.9. The van der Waals surface area contributed by atoms with E-state index >= 15 is 0 Å². The van der Waals surface area contributed by atoms with Crippen molar-refractivity contribution in [3.63, 3.8) is 0 Å². The van der Waals surface area contributed by atoms with Crippen LogP contribution in [0, 0.1) is 0 Å². The van der Waals surface area contributed by atoms with E-state index in [1.165, 1.54) is 5.56 Å². The molecule has 0 aromatic heterocycles. The summed E-state index contributed by atoms with van der Waals surface area (Å²) < 4.78 is 1.06. The van der Waals surface area contributed by atoms with Gasteiger partial charge < -0.3 is 5.32 Å². The van der Waals surface area contributed by atoms with Gasteiger partial charge in [-0.05, 0) is 48.5 Å². The van der Waals surface area contributed by atoms with E-state index in [0.717, 1.165) is 10.0 Å². The van der Waals surface area contributed by atoms with Gasteiger partial charge in [0.1, 0.15) is 0 Å². The summed E-state index contributed by atoms with van der Waals surface area (Å²) in [5.74, 6) is 0. The van der Waals surface area contributed by atoms with Crippen LogP contribution >= 0.6 is 39.1 Å². The summed E-state index contributed by atoms with van der Waals surface area (Å²) in [7, 11) is 1.92. The van der Waals surface area contributed by atoms with E-state index in [0.29, 0.717) is 10.0 Å². The van der Waals surface area contributed by atoms with E-state index in [-0.39, 0.29) is 6.04 Å². The molecule has 0 saturated heterocycles. The van der Waals surface area contributed by atoms with Crippen molar-refractivity contribution in [2.45, 2.75) is 6.04 Å². The zero-order chi connectivity index (χ0) is 13.1. The second kappa shape index (κ2) is 6.07. The summed E-state index contributed by atoms with van der Waals surface area (Å²) in [6.07, 6.45) is 0. The minimum Gasteiger partial charge on any atom is -0.309 e. The van der Waals surface area contributed by atoms with E-state index in [1.807, 2.05) is 31.3 Å². The largest absolute Gasteiger partial charge is 0.309 e. The molecule has 94 valence electrons. The topological polar surface area (TPSA) is 12.0 Å². The zero-order valence-corrected chi connectivity index (χ0v) is 12.9. The first-order valence-electron chi connectivity index (χ1n) is 5.49. The molecule has 0 heterocycles. The number of halogens is 3. The molecule has 0 amide bonds. The Morgan fingerprint density at radius 1 is 0.944 bits per heavy atom. The van der Waals surface area contributed by atoms with Crippen molar-refractivity contribution in [1.82, 2.24) is 5.32 Å². The molecule has 2 aromatic carbocycles. The summed E-state index contributed by atoms with van der Waals surface area (Å²) >= 11 is 15.5. The first-order valence-corrected chi connectivity index (χ1v) is 7.04. The van der Waals surface area contributed by atoms with E-state index in [4.69, 9.17) is 23.2 Å². The van der Waals surface area contributed by atoms with Gasteiger partial charge in [-0.2, -0.15) is 0 Å². The smallest absolute Gasteiger partial charge is 0.0575 e. The van der Waals surface area contributed by atoms with Crippen LogP contribution in [-0.2, 0) is 0 Å². The zero-order valence-electron chi connectivity index (χ0n) is 9.75. The molecule has 0 radical (unpaired) electrons. The van der Waals surface area contributed by atoms with Crippen molar-refractivity contribution in [3.8, 4) is 0 Å². The fraction of sp³-hybridized carbons (Fsp3) is 0.143. The quantitative estimate of drug-likeness (QED) is 0.820. The number of benzene rings is 2. The molecule has 18 heavy (non-hydrogen) atoms. The van der Waals surface area contributed by atoms with Gasteiger partial charge in [0.05, 0.1) is 6.04 Å². The lowest BCUT2D eigenvalue weighted by atomic mass is 9.99. The van der Waals surface area contributed by atoms with Gasteiger partial charge in [0.2, 0.25) is 0 Å². The van der Waals surface area contributed by atoms with Crippen LogP contribution in [0.2, 0.25) is 10.0 Å². The lowest BCUT2D eigenvalue weighted by Gasteiger charge is -2.18. The van der Waals surface area contributed by atoms with Crippen LogP contribution in [-0.4, -0.2) is 7.05 Å². The van der Waals surface area contributed by atoms with Gasteiger partial charge in [0.25, 0.3) is 0 Å². The average molecular weight is 345 g/mol. The molecule has 4 heteroatoms. The molecule has 1 atom stereocenters. The number of nitrogens with one attached hydrogen (secondary N) is 1. The Hall–Kier alpha value is -0.540. The summed E-state index contributed by atoms with van der Waals surface area (Å²) in [5, 5.41) is 4.57. The highest BCUT2D eigenvalue weighted by molar-refractivity contribution is 9.10. The Balaban J connectivity index is 2.41. The van der Waals surface area contributed by atoms with Crippen molar-refractivity contribution in [2.24, 2.45) is 0 Å². The Morgan fingerprint density at radius 2 is 1.50 bits per heavy atom. The minimum atomic E-state index is 0.0781. The molecule has 0 spiro atoms. The van der Waals surface area contributed by atoms with Crippen LogP contribution in [0.25, 0.3) is 0 Å². The van der Waals surface area contributed by atoms with Gasteiger partial charge in [-0.25, -0.2) is 0 Å². The average Bonchev–Trinajstić information content (AvgIpc) is 2.31. The molecular formula is C14H12BrCl2N. The van der Waals surface area contributed by atoms with Crippen molar-refractivity contribution in [3.05, 3.63) is 68.1 Å². The van der Waals surface area contributed by atoms with Crippen LogP contribution in [0.5, 0.6) is 0 Å². The van der Waals surface area contributed by atoms with Crippen molar-refractivity contribution in [2.75, 3.05) is 7.05 Å². The first-order chi connectivity index (χ1) is 8.60. The molecule has 1 unspecified atom stereocenters. The number of hydrogen-bond donors (Lipinski definition) is 1. The molecule has 2 aromatic rings. The van der Waals surface area contributed by atoms with Crippen LogP contribution in [0.1, 0.15) is 17.2 Å². The third-order valence-electron chi connectivity index (χ3n) is 2.71. The highest BCUT2D eigenvalue weighted by Crippen LogP contribution is 2.28. The van der Waals surface area contributed by atoms with Gasteiger partial charge in [0, 0.05) is 14.5 Å². The molecule has 1 nitrogen and oxygen atoms in total. The molecule has 0 aliphatic carbocycles. The van der Waals surface area contributed by atoms with Crippen LogP contribution in [0.4, 0.5) is 0 Å². The second-order valence-electron chi connectivity index (χ2n) is 3.98. The Labute approximate surface area is 125 Å². The van der Waals surface area contributed by atoms with Gasteiger partial charge in [-0.3, -0.25) is 0 Å². The molecular weight excluding hydrogens is 333 g/mol. The molecule has 0 bridgehead atoms. The maximum atomic E-state index is 6.04. The predicted molar refractivity (Wildman–Crippen MR) is 81.5 cm³/mol. The van der Waals surface area contributed by atoms with E-state index < -0.39 is 0 Å². The van der Waals surface area contributed by atoms with Gasteiger partial charge in [-0.1, -0.05) is 51.3 Å². The number of rotatable bonds is 3. The normalized spacial score (nSPS) is 12.4. The summed E-state index contributed by atoms with van der Waals surface area (Å²) in [4.78, 5) is 0. The van der Waals surface area contributed by atoms with Gasteiger partial charge in [0.15, 0.2) is 0 Å². The minimum absolute atomic E-state index is 0.0781. The molecule has 2 rings (SSSR count). The highest BCUT2D eigenvalue weighted by Gasteiger charge is 2.13. The number of hydrogen-bond acceptors (Lipinski definition) is 1. The summed E-state index contributed by atoms with van der Waals surface area (Å²) in [6, 6.07) is 13.8. The van der Waals surface area contributed by atoms with Gasteiger partial charge in [-0.15, -0.1) is 0 Å². The standard InChI is InChI=1S/C14H12BrCl2N/c1-18-14(9-2-4-11(15)5-3-9)10-6-12(16)8-13(17)7-10/h2-8,14,18H,1H3. The predicted octanol–water partition coefficient (Wildman–Crippen LogP) is 5.06. The third kappa shape index (κ3) is 3.27. The second-order valence-corrected chi connectivity index (χ2v) is 5.76. The van der Waals surface area contributed by atoms with Crippen molar-refractivity contribution in [1.29, 1.82) is 0 Å². The maximum Gasteiger partial charge on any atom is 0.0575 e. The van der Waals surface area contributed by atoms with Crippen LogP contribution in [0.15, 0.2) is 46.9 Å². The monoisotopic (exact) mass is 343 g/mol. The van der Waals surface area contributed by atoms with E-state index in [2.05, 4.69) is 33.4 Å². The molecule has 0 aliphatic rings. The lowest BCUT2D eigenvalue weighted by molar-refractivity contribution is 0.692. The SMILES string of the molecule is CNC(c1ccc(Br)cc1)c1cc(Cl)cc(Cl)c1. The lowest BCUT2D eigenvalue weighted by Crippen LogP contribution is -2.17. The fourth-order valence-corrected chi connectivity index (χ4v) is 2.73. The molecule has 0 fully saturated rings. The maximum absolute atomic E-state index is 6.04. The first kappa shape index (κ1) is 13.9. The molecule has 1 N–H and O–H groups in total. The fourth-order valence-electron chi connectivity index (χ4n) is 1.92. The Bertz CT molecular complexity index is 520. The van der Waals surface area contributed by atoms with E-state index in [1.54, 1.807) is 6.07 Å². The molecule has 0 saturated carbocycles. The summed E-state index contributed by atoms with van der Waals surface area (Å²) in [5.41, 5.74) is 2.22. The Kier molecular flexibility index (Phi) is 4.68. The third-order valence-corrected chi connectivity index (χ3v) is 3.68.